The molecule has 0 aliphatic rings. The molecule has 0 aliphatic carbocycles. The summed E-state index contributed by atoms with van der Waals surface area (Å²) >= 11 is 3.20. The van der Waals surface area contributed by atoms with Crippen molar-refractivity contribution in [2.75, 3.05) is 0 Å². The molecule has 1 aromatic heterocycles. The van der Waals surface area contributed by atoms with Crippen LogP contribution in [0.25, 0.3) is 0 Å². The Labute approximate surface area is 116 Å². The second kappa shape index (κ2) is 5.88. The number of benzene rings is 1. The molecular weight excluding hydrogens is 318 g/mol. The van der Waals surface area contributed by atoms with E-state index < -0.39 is 17.5 Å². The summed E-state index contributed by atoms with van der Waals surface area (Å²) in [4.78, 5) is 15.6. The smallest absolute Gasteiger partial charge is 0.270 e. The van der Waals surface area contributed by atoms with E-state index in [1.807, 2.05) is 0 Å². The lowest BCUT2D eigenvalue weighted by Crippen LogP contribution is -2.24. The Hall–Kier alpha value is -1.82. The Morgan fingerprint density at radius 3 is 2.74 bits per heavy atom. The minimum atomic E-state index is -0.564. The molecule has 0 fully saturated rings. The van der Waals surface area contributed by atoms with Crippen LogP contribution in [-0.4, -0.2) is 10.9 Å². The van der Waals surface area contributed by atoms with Gasteiger partial charge < -0.3 is 5.32 Å². The fourth-order valence-corrected chi connectivity index (χ4v) is 1.69. The number of nitrogens with one attached hydrogen (secondary N) is 1. The van der Waals surface area contributed by atoms with E-state index in [2.05, 4.69) is 26.2 Å². The lowest BCUT2D eigenvalue weighted by atomic mass is 10.2. The topological polar surface area (TPSA) is 42.0 Å². The van der Waals surface area contributed by atoms with Gasteiger partial charge in [-0.3, -0.25) is 4.79 Å². The third kappa shape index (κ3) is 3.57. The number of aromatic nitrogens is 1. The Morgan fingerprint density at radius 2 is 2.05 bits per heavy atom. The molecule has 19 heavy (non-hydrogen) atoms. The lowest BCUT2D eigenvalue weighted by Gasteiger charge is -2.06. The maximum Gasteiger partial charge on any atom is 0.270 e. The van der Waals surface area contributed by atoms with Crippen LogP contribution >= 0.6 is 15.9 Å². The van der Waals surface area contributed by atoms with Crippen LogP contribution in [0.5, 0.6) is 0 Å². The van der Waals surface area contributed by atoms with E-state index in [9.17, 15) is 13.6 Å². The Morgan fingerprint density at radius 1 is 1.26 bits per heavy atom. The van der Waals surface area contributed by atoms with Crippen molar-refractivity contribution in [3.8, 4) is 0 Å². The predicted octanol–water partition coefficient (Wildman–Crippen LogP) is 3.05. The van der Waals surface area contributed by atoms with Gasteiger partial charge in [-0.05, 0) is 46.3 Å². The monoisotopic (exact) mass is 326 g/mol. The molecule has 0 radical (unpaired) electrons. The molecule has 1 aromatic carbocycles. The van der Waals surface area contributed by atoms with Crippen molar-refractivity contribution < 1.29 is 13.6 Å². The van der Waals surface area contributed by atoms with Crippen LogP contribution < -0.4 is 5.32 Å². The molecule has 0 unspecified atom stereocenters. The fraction of sp³-hybridized carbons (Fsp3) is 0.0769. The highest BCUT2D eigenvalue weighted by atomic mass is 79.9. The van der Waals surface area contributed by atoms with Gasteiger partial charge in [0.05, 0.1) is 0 Å². The quantitative estimate of drug-likeness (QED) is 0.941. The van der Waals surface area contributed by atoms with Gasteiger partial charge in [0.1, 0.15) is 17.3 Å². The molecule has 0 spiro atoms. The standard InChI is InChI=1S/C13H9BrF2N2O/c14-9-1-4-12(17-7-9)13(19)18-6-8-5-10(15)2-3-11(8)16/h1-5,7H,6H2,(H,18,19). The maximum atomic E-state index is 13.3. The highest BCUT2D eigenvalue weighted by Crippen LogP contribution is 2.10. The summed E-state index contributed by atoms with van der Waals surface area (Å²) < 4.78 is 27.0. The van der Waals surface area contributed by atoms with Gasteiger partial charge in [0, 0.05) is 22.8 Å². The van der Waals surface area contributed by atoms with Crippen LogP contribution in [0.3, 0.4) is 0 Å². The van der Waals surface area contributed by atoms with Gasteiger partial charge in [-0.25, -0.2) is 13.8 Å². The number of hydrogen-bond donors (Lipinski definition) is 1. The molecule has 2 aromatic rings. The van der Waals surface area contributed by atoms with E-state index in [0.29, 0.717) is 0 Å². The van der Waals surface area contributed by atoms with E-state index in [4.69, 9.17) is 0 Å². The van der Waals surface area contributed by atoms with Gasteiger partial charge >= 0.3 is 0 Å². The average Bonchev–Trinajstić information content (AvgIpc) is 2.40. The van der Waals surface area contributed by atoms with E-state index in [0.717, 1.165) is 22.7 Å². The first-order valence-electron chi connectivity index (χ1n) is 5.40. The first-order valence-corrected chi connectivity index (χ1v) is 6.19. The molecule has 98 valence electrons. The summed E-state index contributed by atoms with van der Waals surface area (Å²) in [7, 11) is 0. The van der Waals surface area contributed by atoms with Crippen LogP contribution in [-0.2, 0) is 6.54 Å². The number of carbonyl (C=O) groups excluding carboxylic acids is 1. The van der Waals surface area contributed by atoms with Crippen molar-refractivity contribution >= 4 is 21.8 Å². The van der Waals surface area contributed by atoms with E-state index in [1.54, 1.807) is 6.07 Å². The number of nitrogens with zero attached hydrogens (tertiary/aromatic N) is 1. The molecule has 0 atom stereocenters. The molecule has 1 N–H and O–H groups in total. The zero-order chi connectivity index (χ0) is 13.8. The molecule has 0 saturated heterocycles. The van der Waals surface area contributed by atoms with Crippen molar-refractivity contribution in [2.24, 2.45) is 0 Å². The molecule has 1 heterocycles. The third-order valence-electron chi connectivity index (χ3n) is 2.41. The summed E-state index contributed by atoms with van der Waals surface area (Å²) in [5.41, 5.74) is 0.297. The average molecular weight is 327 g/mol. The van der Waals surface area contributed by atoms with Crippen molar-refractivity contribution in [3.05, 3.63) is 63.9 Å². The first-order chi connectivity index (χ1) is 9.06. The number of pyridine rings is 1. The second-order valence-corrected chi connectivity index (χ2v) is 4.70. The summed E-state index contributed by atoms with van der Waals surface area (Å²) in [6.45, 7) is -0.0971. The second-order valence-electron chi connectivity index (χ2n) is 3.78. The number of halogens is 3. The normalized spacial score (nSPS) is 10.3. The largest absolute Gasteiger partial charge is 0.347 e. The van der Waals surface area contributed by atoms with Crippen LogP contribution in [0.4, 0.5) is 8.78 Å². The van der Waals surface area contributed by atoms with E-state index in [1.165, 1.54) is 12.3 Å². The highest BCUT2D eigenvalue weighted by Gasteiger charge is 2.09. The summed E-state index contributed by atoms with van der Waals surface area (Å²) in [5, 5.41) is 2.48. The minimum Gasteiger partial charge on any atom is -0.347 e. The van der Waals surface area contributed by atoms with Crippen molar-refractivity contribution in [2.45, 2.75) is 6.54 Å². The molecule has 3 nitrogen and oxygen atoms in total. The summed E-state index contributed by atoms with van der Waals surface area (Å²) in [5.74, 6) is -1.56. The van der Waals surface area contributed by atoms with Gasteiger partial charge in [-0.2, -0.15) is 0 Å². The predicted molar refractivity (Wildman–Crippen MR) is 69.5 cm³/mol. The summed E-state index contributed by atoms with van der Waals surface area (Å²) in [6, 6.07) is 6.29. The third-order valence-corrected chi connectivity index (χ3v) is 2.88. The zero-order valence-electron chi connectivity index (χ0n) is 9.66. The van der Waals surface area contributed by atoms with E-state index in [-0.39, 0.29) is 17.8 Å². The molecule has 0 saturated carbocycles. The Kier molecular flexibility index (Phi) is 4.21. The van der Waals surface area contributed by atoms with E-state index >= 15 is 0 Å². The van der Waals surface area contributed by atoms with Gasteiger partial charge in [-0.1, -0.05) is 0 Å². The lowest BCUT2D eigenvalue weighted by molar-refractivity contribution is 0.0945. The number of carbonyl (C=O) groups is 1. The van der Waals surface area contributed by atoms with Crippen LogP contribution in [0.1, 0.15) is 16.1 Å². The molecule has 0 aliphatic heterocycles. The van der Waals surface area contributed by atoms with Crippen molar-refractivity contribution in [1.29, 1.82) is 0 Å². The molecule has 0 bridgehead atoms. The highest BCUT2D eigenvalue weighted by molar-refractivity contribution is 9.10. The van der Waals surface area contributed by atoms with Gasteiger partial charge in [0.15, 0.2) is 0 Å². The van der Waals surface area contributed by atoms with Gasteiger partial charge in [-0.15, -0.1) is 0 Å². The van der Waals surface area contributed by atoms with Crippen molar-refractivity contribution in [1.82, 2.24) is 10.3 Å². The molecular formula is C13H9BrF2N2O. The van der Waals surface area contributed by atoms with Crippen LogP contribution in [0.15, 0.2) is 41.0 Å². The molecule has 2 rings (SSSR count). The van der Waals surface area contributed by atoms with Crippen LogP contribution in [0.2, 0.25) is 0 Å². The Balaban J connectivity index is 2.04. The fourth-order valence-electron chi connectivity index (χ4n) is 1.45. The first kappa shape index (κ1) is 13.6. The Bertz CT molecular complexity index is 602. The zero-order valence-corrected chi connectivity index (χ0v) is 11.2. The van der Waals surface area contributed by atoms with Gasteiger partial charge in [0.2, 0.25) is 0 Å². The number of amides is 1. The number of rotatable bonds is 3. The van der Waals surface area contributed by atoms with Gasteiger partial charge in [0.25, 0.3) is 5.91 Å². The number of hydrogen-bond acceptors (Lipinski definition) is 2. The minimum absolute atomic E-state index is 0.0884. The SMILES string of the molecule is O=C(NCc1cc(F)ccc1F)c1ccc(Br)cn1. The molecule has 6 heteroatoms. The molecule has 1 amide bonds. The maximum absolute atomic E-state index is 13.3. The van der Waals surface area contributed by atoms with Crippen molar-refractivity contribution in [3.63, 3.8) is 0 Å². The summed E-state index contributed by atoms with van der Waals surface area (Å²) in [6.07, 6.45) is 1.48. The van der Waals surface area contributed by atoms with Crippen LogP contribution in [0, 0.1) is 11.6 Å².